The van der Waals surface area contributed by atoms with Crippen LogP contribution in [-0.2, 0) is 16.1 Å². The Hall–Kier alpha value is -1.96. The van der Waals surface area contributed by atoms with E-state index in [1.807, 2.05) is 30.0 Å². The van der Waals surface area contributed by atoms with Gasteiger partial charge in [0.25, 0.3) is 0 Å². The van der Waals surface area contributed by atoms with E-state index in [-0.39, 0.29) is 24.1 Å². The van der Waals surface area contributed by atoms with Crippen molar-refractivity contribution in [3.63, 3.8) is 0 Å². The van der Waals surface area contributed by atoms with Crippen LogP contribution in [0.15, 0.2) is 24.3 Å². The molecule has 1 amide bonds. The molecule has 0 aliphatic carbocycles. The number of fused-ring (bicyclic) bond motifs is 1. The highest BCUT2D eigenvalue weighted by atomic mass is 16.5. The molecule has 2 saturated heterocycles. The summed E-state index contributed by atoms with van der Waals surface area (Å²) in [5, 5.41) is 0. The lowest BCUT2D eigenvalue weighted by Gasteiger charge is -2.33. The Labute approximate surface area is 153 Å². The van der Waals surface area contributed by atoms with E-state index < -0.39 is 0 Å². The third-order valence-electron chi connectivity index (χ3n) is 5.55. The van der Waals surface area contributed by atoms with Gasteiger partial charge in [0.05, 0.1) is 17.1 Å². The number of nitrogens with one attached hydrogen (secondary N) is 2. The molecule has 2 aliphatic heterocycles. The summed E-state index contributed by atoms with van der Waals surface area (Å²) < 4.78 is 7.66. The highest BCUT2D eigenvalue weighted by Gasteiger charge is 2.34. The van der Waals surface area contributed by atoms with E-state index in [1.54, 1.807) is 7.11 Å². The molecule has 0 bridgehead atoms. The Morgan fingerprint density at radius 1 is 1.35 bits per heavy atom. The third kappa shape index (κ3) is 3.34. The second-order valence-corrected chi connectivity index (χ2v) is 7.32. The minimum absolute atomic E-state index is 0.165. The first-order valence-corrected chi connectivity index (χ1v) is 9.40. The van der Waals surface area contributed by atoms with E-state index in [0.29, 0.717) is 6.54 Å². The SMILES string of the molecule is COC1CCCN(C(=O)C2CC(Cn3c(C)nc4ccccc43)NN2)C1. The van der Waals surface area contributed by atoms with Crippen LogP contribution in [0, 0.1) is 6.92 Å². The molecule has 140 valence electrons. The molecule has 3 atom stereocenters. The van der Waals surface area contributed by atoms with Crippen LogP contribution >= 0.6 is 0 Å². The molecule has 1 aromatic carbocycles. The highest BCUT2D eigenvalue weighted by molar-refractivity contribution is 5.82. The van der Waals surface area contributed by atoms with E-state index >= 15 is 0 Å². The van der Waals surface area contributed by atoms with Crippen LogP contribution in [0.1, 0.15) is 25.1 Å². The maximum absolute atomic E-state index is 12.8. The number of para-hydroxylation sites is 2. The van der Waals surface area contributed by atoms with E-state index in [0.717, 1.165) is 49.2 Å². The van der Waals surface area contributed by atoms with Gasteiger partial charge in [-0.25, -0.2) is 10.4 Å². The number of methoxy groups -OCH3 is 1. The second-order valence-electron chi connectivity index (χ2n) is 7.32. The molecule has 2 fully saturated rings. The van der Waals surface area contributed by atoms with Gasteiger partial charge in [0.2, 0.25) is 5.91 Å². The summed E-state index contributed by atoms with van der Waals surface area (Å²) >= 11 is 0. The molecule has 0 saturated carbocycles. The summed E-state index contributed by atoms with van der Waals surface area (Å²) in [4.78, 5) is 19.4. The van der Waals surface area contributed by atoms with E-state index in [4.69, 9.17) is 4.74 Å². The smallest absolute Gasteiger partial charge is 0.241 e. The van der Waals surface area contributed by atoms with Gasteiger partial charge in [0.1, 0.15) is 11.9 Å². The number of hydrazine groups is 1. The van der Waals surface area contributed by atoms with Crippen LogP contribution in [-0.4, -0.2) is 58.7 Å². The summed E-state index contributed by atoms with van der Waals surface area (Å²) in [6.45, 7) is 4.35. The second kappa shape index (κ2) is 7.34. The van der Waals surface area contributed by atoms with Crippen molar-refractivity contribution >= 4 is 16.9 Å². The number of hydrogen-bond donors (Lipinski definition) is 2. The minimum atomic E-state index is -0.175. The summed E-state index contributed by atoms with van der Waals surface area (Å²) in [5.41, 5.74) is 8.66. The molecule has 2 aliphatic rings. The maximum atomic E-state index is 12.8. The Balaban J connectivity index is 1.40. The van der Waals surface area contributed by atoms with Crippen molar-refractivity contribution in [1.82, 2.24) is 25.3 Å². The van der Waals surface area contributed by atoms with Crippen LogP contribution in [0.4, 0.5) is 0 Å². The average Bonchev–Trinajstić information content (AvgIpc) is 3.26. The highest BCUT2D eigenvalue weighted by Crippen LogP contribution is 2.20. The molecule has 0 radical (unpaired) electrons. The van der Waals surface area contributed by atoms with Crippen LogP contribution in [0.25, 0.3) is 11.0 Å². The molecule has 2 N–H and O–H groups in total. The molecule has 7 heteroatoms. The van der Waals surface area contributed by atoms with Crippen molar-refractivity contribution in [3.8, 4) is 0 Å². The van der Waals surface area contributed by atoms with Gasteiger partial charge < -0.3 is 14.2 Å². The Kier molecular flexibility index (Phi) is 4.93. The van der Waals surface area contributed by atoms with Crippen LogP contribution in [0.2, 0.25) is 0 Å². The van der Waals surface area contributed by atoms with Gasteiger partial charge in [0.15, 0.2) is 0 Å². The van der Waals surface area contributed by atoms with Crippen LogP contribution < -0.4 is 10.9 Å². The molecule has 2 aromatic rings. The molecular weight excluding hydrogens is 330 g/mol. The Bertz CT molecular complexity index is 789. The summed E-state index contributed by atoms with van der Waals surface area (Å²) in [6.07, 6.45) is 2.98. The largest absolute Gasteiger partial charge is 0.380 e. The average molecular weight is 357 g/mol. The molecule has 7 nitrogen and oxygen atoms in total. The quantitative estimate of drug-likeness (QED) is 0.861. The fraction of sp³-hybridized carbons (Fsp3) is 0.579. The number of imidazole rings is 1. The lowest BCUT2D eigenvalue weighted by Crippen LogP contribution is -2.50. The van der Waals surface area contributed by atoms with Gasteiger partial charge in [-0.15, -0.1) is 0 Å². The van der Waals surface area contributed by atoms with Gasteiger partial charge in [-0.2, -0.15) is 0 Å². The number of aromatic nitrogens is 2. The van der Waals surface area contributed by atoms with Gasteiger partial charge in [0, 0.05) is 32.8 Å². The number of carbonyl (C=O) groups excluding carboxylic acids is 1. The third-order valence-corrected chi connectivity index (χ3v) is 5.55. The molecule has 1 aromatic heterocycles. The summed E-state index contributed by atoms with van der Waals surface area (Å²) in [6, 6.07) is 8.20. The number of amides is 1. The number of piperidine rings is 1. The Morgan fingerprint density at radius 3 is 3.04 bits per heavy atom. The zero-order valence-electron chi connectivity index (χ0n) is 15.4. The number of carbonyl (C=O) groups is 1. The van der Waals surface area contributed by atoms with E-state index in [9.17, 15) is 4.79 Å². The van der Waals surface area contributed by atoms with Crippen molar-refractivity contribution < 1.29 is 9.53 Å². The van der Waals surface area contributed by atoms with Crippen LogP contribution in [0.3, 0.4) is 0 Å². The summed E-state index contributed by atoms with van der Waals surface area (Å²) in [7, 11) is 1.72. The minimum Gasteiger partial charge on any atom is -0.380 e. The standard InChI is InChI=1S/C19H27N5O2/c1-13-20-16-7-3-4-8-18(16)24(13)11-14-10-17(22-21-14)19(25)23-9-5-6-15(12-23)26-2/h3-4,7-8,14-15,17,21-22H,5-6,9-12H2,1-2H3. The molecule has 0 spiro atoms. The molecule has 26 heavy (non-hydrogen) atoms. The predicted molar refractivity (Wildman–Crippen MR) is 99.5 cm³/mol. The van der Waals surface area contributed by atoms with Crippen molar-refractivity contribution in [2.45, 2.75) is 50.9 Å². The molecular formula is C19H27N5O2. The monoisotopic (exact) mass is 357 g/mol. The zero-order valence-corrected chi connectivity index (χ0v) is 15.4. The van der Waals surface area contributed by atoms with E-state index in [2.05, 4.69) is 26.5 Å². The van der Waals surface area contributed by atoms with Crippen LogP contribution in [0.5, 0.6) is 0 Å². The van der Waals surface area contributed by atoms with Crippen molar-refractivity contribution in [2.24, 2.45) is 0 Å². The topological polar surface area (TPSA) is 71.4 Å². The van der Waals surface area contributed by atoms with Gasteiger partial charge in [-0.3, -0.25) is 10.2 Å². The van der Waals surface area contributed by atoms with Gasteiger partial charge in [-0.05, 0) is 38.3 Å². The first-order valence-electron chi connectivity index (χ1n) is 9.40. The zero-order chi connectivity index (χ0) is 18.1. The molecule has 3 heterocycles. The summed E-state index contributed by atoms with van der Waals surface area (Å²) in [5.74, 6) is 1.18. The lowest BCUT2D eigenvalue weighted by molar-refractivity contribution is -0.136. The van der Waals surface area contributed by atoms with Crippen molar-refractivity contribution in [3.05, 3.63) is 30.1 Å². The number of benzene rings is 1. The first-order chi connectivity index (χ1) is 12.7. The molecule has 4 rings (SSSR count). The van der Waals surface area contributed by atoms with Crippen molar-refractivity contribution in [1.29, 1.82) is 0 Å². The number of ether oxygens (including phenoxy) is 1. The molecule has 3 unspecified atom stereocenters. The lowest BCUT2D eigenvalue weighted by atomic mass is 10.0. The predicted octanol–water partition coefficient (Wildman–Crippen LogP) is 1.22. The maximum Gasteiger partial charge on any atom is 0.241 e. The fourth-order valence-corrected chi connectivity index (χ4v) is 4.10. The van der Waals surface area contributed by atoms with Gasteiger partial charge >= 0.3 is 0 Å². The number of aryl methyl sites for hydroxylation is 1. The number of hydrogen-bond acceptors (Lipinski definition) is 5. The Morgan fingerprint density at radius 2 is 2.19 bits per heavy atom. The van der Waals surface area contributed by atoms with Gasteiger partial charge in [-0.1, -0.05) is 12.1 Å². The van der Waals surface area contributed by atoms with Crippen molar-refractivity contribution in [2.75, 3.05) is 20.2 Å². The van der Waals surface area contributed by atoms with E-state index in [1.165, 1.54) is 0 Å². The number of nitrogens with zero attached hydrogens (tertiary/aromatic N) is 3. The fourth-order valence-electron chi connectivity index (χ4n) is 4.10. The number of rotatable bonds is 4. The normalized spacial score (nSPS) is 26.5. The first kappa shape index (κ1) is 17.5. The number of likely N-dealkylation sites (tertiary alicyclic amines) is 1.